The van der Waals surface area contributed by atoms with Crippen LogP contribution in [0.1, 0.15) is 42.5 Å². The van der Waals surface area contributed by atoms with Gasteiger partial charge in [-0.3, -0.25) is 9.69 Å². The Morgan fingerprint density at radius 3 is 2.56 bits per heavy atom. The number of ketones is 1. The van der Waals surface area contributed by atoms with Gasteiger partial charge >= 0.3 is 0 Å². The molecule has 0 spiro atoms. The van der Waals surface area contributed by atoms with Crippen LogP contribution in [-0.4, -0.2) is 28.8 Å². The van der Waals surface area contributed by atoms with E-state index in [0.717, 1.165) is 43.7 Å². The number of likely N-dealkylation sites (tertiary alicyclic amines) is 1. The number of carbonyl (C=O) groups excluding carboxylic acids is 1. The SMILES string of the molecule is CC(=O)C(c1cc2ccc(C)cc2[nH]1)C1CCN(Cc2ccccc2)CC1. The molecular weight excluding hydrogens is 332 g/mol. The van der Waals surface area contributed by atoms with E-state index in [2.05, 4.69) is 71.4 Å². The third-order valence-electron chi connectivity index (χ3n) is 5.92. The van der Waals surface area contributed by atoms with E-state index in [1.54, 1.807) is 6.92 Å². The average molecular weight is 361 g/mol. The molecule has 4 rings (SSSR count). The van der Waals surface area contributed by atoms with Crippen LogP contribution in [0.15, 0.2) is 54.6 Å². The summed E-state index contributed by atoms with van der Waals surface area (Å²) < 4.78 is 0. The molecule has 140 valence electrons. The van der Waals surface area contributed by atoms with Crippen molar-refractivity contribution < 1.29 is 4.79 Å². The number of piperidine rings is 1. The number of hydrogen-bond donors (Lipinski definition) is 1. The number of aromatic nitrogens is 1. The summed E-state index contributed by atoms with van der Waals surface area (Å²) in [4.78, 5) is 18.6. The predicted octanol–water partition coefficient (Wildman–Crippen LogP) is 5.06. The van der Waals surface area contributed by atoms with Crippen LogP contribution in [-0.2, 0) is 11.3 Å². The summed E-state index contributed by atoms with van der Waals surface area (Å²) in [5.41, 5.74) is 4.83. The Morgan fingerprint density at radius 1 is 1.11 bits per heavy atom. The second-order valence-corrected chi connectivity index (χ2v) is 8.00. The van der Waals surface area contributed by atoms with Gasteiger partial charge in [0.2, 0.25) is 0 Å². The molecule has 0 radical (unpaired) electrons. The van der Waals surface area contributed by atoms with Gasteiger partial charge in [-0.2, -0.15) is 0 Å². The molecule has 2 heterocycles. The molecule has 1 N–H and O–H groups in total. The van der Waals surface area contributed by atoms with Crippen LogP contribution in [0.5, 0.6) is 0 Å². The smallest absolute Gasteiger partial charge is 0.139 e. The summed E-state index contributed by atoms with van der Waals surface area (Å²) in [6.07, 6.45) is 2.15. The van der Waals surface area contributed by atoms with Crippen molar-refractivity contribution in [2.75, 3.05) is 13.1 Å². The standard InChI is InChI=1S/C24H28N2O/c1-17-8-9-21-15-23(25-22(21)14-17)24(18(2)27)20-10-12-26(13-11-20)16-19-6-4-3-5-7-19/h3-9,14-15,20,24-25H,10-13,16H2,1-2H3. The highest BCUT2D eigenvalue weighted by molar-refractivity contribution is 5.87. The van der Waals surface area contributed by atoms with E-state index < -0.39 is 0 Å². The van der Waals surface area contributed by atoms with E-state index in [4.69, 9.17) is 0 Å². The monoisotopic (exact) mass is 360 g/mol. The molecule has 1 aromatic heterocycles. The second kappa shape index (κ2) is 7.69. The number of fused-ring (bicyclic) bond motifs is 1. The number of H-pyrrole nitrogens is 1. The van der Waals surface area contributed by atoms with Gasteiger partial charge < -0.3 is 4.98 Å². The molecule has 0 bridgehead atoms. The molecule has 3 aromatic rings. The molecule has 1 atom stereocenters. The lowest BCUT2D eigenvalue weighted by atomic mass is 9.80. The van der Waals surface area contributed by atoms with E-state index in [1.807, 2.05) is 0 Å². The Kier molecular flexibility index (Phi) is 5.13. The van der Waals surface area contributed by atoms with Gasteiger partial charge in [0.1, 0.15) is 5.78 Å². The molecule has 3 nitrogen and oxygen atoms in total. The van der Waals surface area contributed by atoms with E-state index >= 15 is 0 Å². The van der Waals surface area contributed by atoms with Crippen molar-refractivity contribution in [3.8, 4) is 0 Å². The first-order valence-electron chi connectivity index (χ1n) is 9.96. The van der Waals surface area contributed by atoms with Crippen molar-refractivity contribution in [3.05, 3.63) is 71.4 Å². The van der Waals surface area contributed by atoms with Gasteiger partial charge in [0.05, 0.1) is 5.92 Å². The van der Waals surface area contributed by atoms with Gasteiger partial charge in [0.15, 0.2) is 0 Å². The molecule has 27 heavy (non-hydrogen) atoms. The van der Waals surface area contributed by atoms with E-state index in [1.165, 1.54) is 16.5 Å². The number of nitrogens with zero attached hydrogens (tertiary/aromatic N) is 1. The minimum Gasteiger partial charge on any atom is -0.358 e. The topological polar surface area (TPSA) is 36.1 Å². The van der Waals surface area contributed by atoms with Crippen molar-refractivity contribution in [2.45, 2.75) is 39.2 Å². The van der Waals surface area contributed by atoms with Crippen LogP contribution in [0.25, 0.3) is 10.9 Å². The molecular formula is C24H28N2O. The Labute approximate surface area is 161 Å². The normalized spacial score (nSPS) is 17.3. The lowest BCUT2D eigenvalue weighted by Crippen LogP contribution is -2.36. The molecule has 2 aromatic carbocycles. The molecule has 0 aliphatic carbocycles. The van der Waals surface area contributed by atoms with Crippen LogP contribution < -0.4 is 0 Å². The molecule has 1 fully saturated rings. The Bertz CT molecular complexity index is 920. The number of rotatable bonds is 5. The number of benzene rings is 2. The first kappa shape index (κ1) is 18.0. The average Bonchev–Trinajstić information content (AvgIpc) is 3.06. The Morgan fingerprint density at radius 2 is 1.85 bits per heavy atom. The quantitative estimate of drug-likeness (QED) is 0.690. The van der Waals surface area contributed by atoms with Gasteiger partial charge in [0.25, 0.3) is 0 Å². The van der Waals surface area contributed by atoms with E-state index in [-0.39, 0.29) is 11.7 Å². The summed E-state index contributed by atoms with van der Waals surface area (Å²) in [5.74, 6) is 0.681. The second-order valence-electron chi connectivity index (χ2n) is 8.00. The Balaban J connectivity index is 1.47. The highest BCUT2D eigenvalue weighted by Gasteiger charge is 2.31. The summed E-state index contributed by atoms with van der Waals surface area (Å²) in [6, 6.07) is 19.3. The zero-order chi connectivity index (χ0) is 18.8. The minimum atomic E-state index is -0.0171. The van der Waals surface area contributed by atoms with Crippen molar-refractivity contribution >= 4 is 16.7 Å². The lowest BCUT2D eigenvalue weighted by Gasteiger charge is -2.35. The fourth-order valence-corrected chi connectivity index (χ4v) is 4.52. The number of hydrogen-bond acceptors (Lipinski definition) is 2. The van der Waals surface area contributed by atoms with Gasteiger partial charge in [-0.25, -0.2) is 0 Å². The molecule has 1 saturated heterocycles. The van der Waals surface area contributed by atoms with Crippen molar-refractivity contribution in [3.63, 3.8) is 0 Å². The molecule has 0 saturated carbocycles. The highest BCUT2D eigenvalue weighted by Crippen LogP contribution is 2.35. The zero-order valence-corrected chi connectivity index (χ0v) is 16.2. The van der Waals surface area contributed by atoms with Crippen LogP contribution in [0.4, 0.5) is 0 Å². The number of aromatic amines is 1. The van der Waals surface area contributed by atoms with E-state index in [9.17, 15) is 4.79 Å². The van der Waals surface area contributed by atoms with Gasteiger partial charge in [-0.1, -0.05) is 42.5 Å². The number of aryl methyl sites for hydroxylation is 1. The van der Waals surface area contributed by atoms with Gasteiger partial charge in [0, 0.05) is 17.8 Å². The zero-order valence-electron chi connectivity index (χ0n) is 16.2. The van der Waals surface area contributed by atoms with Crippen LogP contribution in [0.2, 0.25) is 0 Å². The fourth-order valence-electron chi connectivity index (χ4n) is 4.52. The largest absolute Gasteiger partial charge is 0.358 e. The van der Waals surface area contributed by atoms with E-state index in [0.29, 0.717) is 5.92 Å². The van der Waals surface area contributed by atoms with Crippen LogP contribution in [0.3, 0.4) is 0 Å². The van der Waals surface area contributed by atoms with Gasteiger partial charge in [-0.15, -0.1) is 0 Å². The summed E-state index contributed by atoms with van der Waals surface area (Å²) in [5, 5.41) is 1.20. The number of Topliss-reactive ketones (excluding diaryl/α,β-unsaturated/α-hetero) is 1. The maximum Gasteiger partial charge on any atom is 0.139 e. The number of carbonyl (C=O) groups is 1. The van der Waals surface area contributed by atoms with Crippen molar-refractivity contribution in [2.24, 2.45) is 5.92 Å². The molecule has 0 amide bonds. The highest BCUT2D eigenvalue weighted by atomic mass is 16.1. The van der Waals surface area contributed by atoms with Crippen LogP contribution >= 0.6 is 0 Å². The summed E-state index contributed by atoms with van der Waals surface area (Å²) in [7, 11) is 0. The Hall–Kier alpha value is -2.39. The summed E-state index contributed by atoms with van der Waals surface area (Å²) in [6.45, 7) is 6.97. The molecule has 1 aliphatic rings. The molecule has 1 aliphatic heterocycles. The third kappa shape index (κ3) is 3.98. The maximum absolute atomic E-state index is 12.5. The van der Waals surface area contributed by atoms with Crippen molar-refractivity contribution in [1.29, 1.82) is 0 Å². The lowest BCUT2D eigenvalue weighted by molar-refractivity contribution is -0.120. The minimum absolute atomic E-state index is 0.0171. The fraction of sp³-hybridized carbons (Fsp3) is 0.375. The maximum atomic E-state index is 12.5. The number of nitrogens with one attached hydrogen (secondary N) is 1. The van der Waals surface area contributed by atoms with Crippen LogP contribution in [0, 0.1) is 12.8 Å². The molecule has 1 unspecified atom stereocenters. The predicted molar refractivity (Wildman–Crippen MR) is 111 cm³/mol. The first-order chi connectivity index (χ1) is 13.1. The molecule has 3 heteroatoms. The first-order valence-corrected chi connectivity index (χ1v) is 9.96. The van der Waals surface area contributed by atoms with Gasteiger partial charge in [-0.05, 0) is 74.3 Å². The summed E-state index contributed by atoms with van der Waals surface area (Å²) >= 11 is 0. The van der Waals surface area contributed by atoms with Crippen molar-refractivity contribution in [1.82, 2.24) is 9.88 Å². The third-order valence-corrected chi connectivity index (χ3v) is 5.92.